The van der Waals surface area contributed by atoms with Gasteiger partial charge in [0.15, 0.2) is 0 Å². The molecule has 0 aliphatic heterocycles. The van der Waals surface area contributed by atoms with E-state index in [0.717, 1.165) is 26.9 Å². The predicted octanol–water partition coefficient (Wildman–Crippen LogP) is 3.36. The van der Waals surface area contributed by atoms with Crippen molar-refractivity contribution in [3.8, 4) is 11.5 Å². The minimum Gasteiger partial charge on any atom is -0.495 e. The summed E-state index contributed by atoms with van der Waals surface area (Å²) in [5.74, 6) is 1.57. The molecular formula is C9H10Br2O2. The number of methoxy groups -OCH3 is 2. The highest BCUT2D eigenvalue weighted by Gasteiger charge is 2.08. The van der Waals surface area contributed by atoms with Gasteiger partial charge < -0.3 is 9.47 Å². The smallest absolute Gasteiger partial charge is 0.137 e. The fourth-order valence-corrected chi connectivity index (χ4v) is 1.88. The SMILES string of the molecule is COc1cc(CBr)cc(OC)c1Br. The summed E-state index contributed by atoms with van der Waals surface area (Å²) in [4.78, 5) is 0. The van der Waals surface area contributed by atoms with Crippen LogP contribution in [0.5, 0.6) is 11.5 Å². The maximum Gasteiger partial charge on any atom is 0.137 e. The van der Waals surface area contributed by atoms with E-state index in [-0.39, 0.29) is 0 Å². The number of hydrogen-bond donors (Lipinski definition) is 0. The molecule has 0 heterocycles. The number of ether oxygens (including phenoxy) is 2. The van der Waals surface area contributed by atoms with E-state index in [1.165, 1.54) is 0 Å². The topological polar surface area (TPSA) is 18.5 Å². The van der Waals surface area contributed by atoms with Crippen molar-refractivity contribution in [1.29, 1.82) is 0 Å². The Labute approximate surface area is 94.5 Å². The Morgan fingerprint density at radius 3 is 1.92 bits per heavy atom. The van der Waals surface area contributed by atoms with Gasteiger partial charge in [-0.1, -0.05) is 15.9 Å². The summed E-state index contributed by atoms with van der Waals surface area (Å²) in [5, 5.41) is 0.785. The maximum atomic E-state index is 5.18. The average molecular weight is 310 g/mol. The number of halogens is 2. The van der Waals surface area contributed by atoms with E-state index in [0.29, 0.717) is 0 Å². The zero-order valence-corrected chi connectivity index (χ0v) is 10.6. The van der Waals surface area contributed by atoms with Gasteiger partial charge in [-0.2, -0.15) is 0 Å². The Hall–Kier alpha value is -0.220. The molecule has 0 bridgehead atoms. The van der Waals surface area contributed by atoms with Crippen LogP contribution in [0.1, 0.15) is 5.56 Å². The number of alkyl halides is 1. The Kier molecular flexibility index (Phi) is 4.06. The Bertz CT molecular complexity index is 275. The summed E-state index contributed by atoms with van der Waals surface area (Å²) in [6.07, 6.45) is 0. The molecule has 0 aliphatic rings. The molecule has 2 nitrogen and oxygen atoms in total. The van der Waals surface area contributed by atoms with Gasteiger partial charge in [0.2, 0.25) is 0 Å². The largest absolute Gasteiger partial charge is 0.495 e. The Morgan fingerprint density at radius 1 is 1.15 bits per heavy atom. The first-order valence-electron chi connectivity index (χ1n) is 3.69. The molecular weight excluding hydrogens is 300 g/mol. The zero-order valence-electron chi connectivity index (χ0n) is 7.43. The first-order chi connectivity index (χ1) is 6.22. The fraction of sp³-hybridized carbons (Fsp3) is 0.333. The van der Waals surface area contributed by atoms with Crippen LogP contribution in [-0.4, -0.2) is 14.2 Å². The van der Waals surface area contributed by atoms with E-state index < -0.39 is 0 Å². The highest BCUT2D eigenvalue weighted by atomic mass is 79.9. The van der Waals surface area contributed by atoms with Gasteiger partial charge >= 0.3 is 0 Å². The summed E-state index contributed by atoms with van der Waals surface area (Å²) in [7, 11) is 3.27. The van der Waals surface area contributed by atoms with E-state index in [1.807, 2.05) is 12.1 Å². The molecule has 0 saturated heterocycles. The lowest BCUT2D eigenvalue weighted by Gasteiger charge is -2.09. The Balaban J connectivity index is 3.20. The number of hydrogen-bond acceptors (Lipinski definition) is 2. The zero-order chi connectivity index (χ0) is 9.84. The monoisotopic (exact) mass is 308 g/mol. The molecule has 0 saturated carbocycles. The summed E-state index contributed by atoms with van der Waals surface area (Å²) in [5.41, 5.74) is 1.12. The lowest BCUT2D eigenvalue weighted by molar-refractivity contribution is 0.389. The molecule has 0 aromatic heterocycles. The van der Waals surface area contributed by atoms with E-state index in [2.05, 4.69) is 31.9 Å². The third kappa shape index (κ3) is 2.38. The molecule has 0 spiro atoms. The van der Waals surface area contributed by atoms with Gasteiger partial charge in [0, 0.05) is 5.33 Å². The van der Waals surface area contributed by atoms with Crippen LogP contribution < -0.4 is 9.47 Å². The normalized spacial score (nSPS) is 9.85. The molecule has 1 aromatic rings. The molecule has 1 aromatic carbocycles. The molecule has 4 heteroatoms. The van der Waals surface area contributed by atoms with Gasteiger partial charge in [0.1, 0.15) is 16.0 Å². The second-order valence-electron chi connectivity index (χ2n) is 2.45. The molecule has 0 radical (unpaired) electrons. The van der Waals surface area contributed by atoms with E-state index in [9.17, 15) is 0 Å². The van der Waals surface area contributed by atoms with Crippen molar-refractivity contribution in [2.24, 2.45) is 0 Å². The van der Waals surface area contributed by atoms with Crippen LogP contribution in [0.4, 0.5) is 0 Å². The van der Waals surface area contributed by atoms with Crippen LogP contribution in [0.15, 0.2) is 16.6 Å². The first-order valence-corrected chi connectivity index (χ1v) is 5.60. The van der Waals surface area contributed by atoms with Crippen molar-refractivity contribution in [3.63, 3.8) is 0 Å². The molecule has 0 atom stereocenters. The Morgan fingerprint density at radius 2 is 1.62 bits per heavy atom. The molecule has 0 aliphatic carbocycles. The van der Waals surface area contributed by atoms with Gasteiger partial charge in [-0.3, -0.25) is 0 Å². The van der Waals surface area contributed by atoms with E-state index >= 15 is 0 Å². The molecule has 1 rings (SSSR count). The van der Waals surface area contributed by atoms with Gasteiger partial charge in [0.25, 0.3) is 0 Å². The fourth-order valence-electron chi connectivity index (χ4n) is 1.00. The van der Waals surface area contributed by atoms with Crippen molar-refractivity contribution in [2.45, 2.75) is 5.33 Å². The van der Waals surface area contributed by atoms with Crippen molar-refractivity contribution >= 4 is 31.9 Å². The number of rotatable bonds is 3. The second kappa shape index (κ2) is 4.86. The van der Waals surface area contributed by atoms with Crippen LogP contribution >= 0.6 is 31.9 Å². The van der Waals surface area contributed by atoms with Gasteiger partial charge in [0.05, 0.1) is 14.2 Å². The van der Waals surface area contributed by atoms with Gasteiger partial charge in [-0.05, 0) is 33.6 Å². The summed E-state index contributed by atoms with van der Waals surface area (Å²) < 4.78 is 11.2. The molecule has 72 valence electrons. The number of benzene rings is 1. The maximum absolute atomic E-state index is 5.18. The van der Waals surface area contributed by atoms with Crippen LogP contribution in [-0.2, 0) is 5.33 Å². The summed E-state index contributed by atoms with van der Waals surface area (Å²) in [6, 6.07) is 3.92. The minimum atomic E-state index is 0.785. The highest BCUT2D eigenvalue weighted by Crippen LogP contribution is 2.35. The van der Waals surface area contributed by atoms with Crippen LogP contribution in [0.3, 0.4) is 0 Å². The van der Waals surface area contributed by atoms with Crippen molar-refractivity contribution < 1.29 is 9.47 Å². The quantitative estimate of drug-likeness (QED) is 0.797. The van der Waals surface area contributed by atoms with E-state index in [1.54, 1.807) is 14.2 Å². The molecule has 0 N–H and O–H groups in total. The highest BCUT2D eigenvalue weighted by molar-refractivity contribution is 9.10. The first kappa shape index (κ1) is 10.9. The standard InChI is InChI=1S/C9H10Br2O2/c1-12-7-3-6(5-10)4-8(13-2)9(7)11/h3-4H,5H2,1-2H3. The van der Waals surface area contributed by atoms with Crippen molar-refractivity contribution in [3.05, 3.63) is 22.2 Å². The van der Waals surface area contributed by atoms with Gasteiger partial charge in [-0.15, -0.1) is 0 Å². The average Bonchev–Trinajstić information content (AvgIpc) is 2.18. The summed E-state index contributed by atoms with van der Waals surface area (Å²) >= 11 is 6.78. The second-order valence-corrected chi connectivity index (χ2v) is 3.80. The van der Waals surface area contributed by atoms with Gasteiger partial charge in [-0.25, -0.2) is 0 Å². The molecule has 0 fully saturated rings. The summed E-state index contributed by atoms with van der Waals surface area (Å²) in [6.45, 7) is 0. The van der Waals surface area contributed by atoms with Crippen molar-refractivity contribution in [1.82, 2.24) is 0 Å². The van der Waals surface area contributed by atoms with Crippen LogP contribution in [0.2, 0.25) is 0 Å². The van der Waals surface area contributed by atoms with Crippen LogP contribution in [0, 0.1) is 0 Å². The third-order valence-electron chi connectivity index (χ3n) is 1.66. The molecule has 0 amide bonds. The lowest BCUT2D eigenvalue weighted by atomic mass is 10.2. The predicted molar refractivity (Wildman–Crippen MR) is 59.9 cm³/mol. The molecule has 0 unspecified atom stereocenters. The minimum absolute atomic E-state index is 0.785. The van der Waals surface area contributed by atoms with Crippen molar-refractivity contribution in [2.75, 3.05) is 14.2 Å². The third-order valence-corrected chi connectivity index (χ3v) is 3.09. The molecule has 13 heavy (non-hydrogen) atoms. The van der Waals surface area contributed by atoms with E-state index in [4.69, 9.17) is 9.47 Å². The lowest BCUT2D eigenvalue weighted by Crippen LogP contribution is -1.91. The van der Waals surface area contributed by atoms with Crippen LogP contribution in [0.25, 0.3) is 0 Å².